The molecule has 20 heteroatoms. The van der Waals surface area contributed by atoms with Gasteiger partial charge in [-0.25, -0.2) is 19.9 Å². The highest BCUT2D eigenvalue weighted by Gasteiger charge is 2.46. The van der Waals surface area contributed by atoms with Crippen LogP contribution < -0.4 is 29.2 Å². The summed E-state index contributed by atoms with van der Waals surface area (Å²) in [5.74, 6) is 0.292. The maximum absolute atomic E-state index is 14.0. The van der Waals surface area contributed by atoms with Crippen molar-refractivity contribution in [3.8, 4) is 23.0 Å². The largest absolute Gasteiger partial charge is 0.493 e. The molecule has 1 aromatic heterocycles. The van der Waals surface area contributed by atoms with E-state index in [1.165, 1.54) is 70.0 Å². The van der Waals surface area contributed by atoms with Crippen LogP contribution in [0.15, 0.2) is 71.9 Å². The Morgan fingerprint density at radius 3 is 2.23 bits per heavy atom. The van der Waals surface area contributed by atoms with Crippen LogP contribution in [0.5, 0.6) is 23.0 Å². The van der Waals surface area contributed by atoms with Gasteiger partial charge in [0.05, 0.1) is 60.9 Å². The number of aliphatic hydroxyl groups excluding tert-OH is 1. The van der Waals surface area contributed by atoms with E-state index in [-0.39, 0.29) is 76.6 Å². The fraction of sp³-hybridized carbons (Fsp3) is 0.405. The van der Waals surface area contributed by atoms with Crippen LogP contribution >= 0.6 is 21.6 Å². The Morgan fingerprint density at radius 2 is 1.56 bits per heavy atom. The lowest BCUT2D eigenvalue weighted by atomic mass is 10.1. The maximum Gasteiger partial charge on any atom is 0.416 e. The number of nitrogens with zero attached hydrogens (tertiary/aromatic N) is 5. The number of aromatic nitrogens is 1. The van der Waals surface area contributed by atoms with Gasteiger partial charge in [-0.05, 0) is 68.0 Å². The Hall–Kier alpha value is -5.99. The number of pyridine rings is 1. The molecule has 3 aromatic rings. The van der Waals surface area contributed by atoms with Crippen LogP contribution in [-0.4, -0.2) is 125 Å². The molecule has 4 amide bonds. The number of carbonyl (C=O) groups excluding carboxylic acids is 4. The number of hydrogen-bond donors (Lipinski definition) is 3. The highest BCUT2D eigenvalue weighted by Crippen LogP contribution is 2.43. The van der Waals surface area contributed by atoms with Gasteiger partial charge in [0.25, 0.3) is 16.7 Å². The molecule has 0 spiro atoms. The molecule has 5 heterocycles. The molecule has 2 fully saturated rings. The highest BCUT2D eigenvalue weighted by atomic mass is 33.1. The van der Waals surface area contributed by atoms with E-state index in [0.29, 0.717) is 66.6 Å². The van der Waals surface area contributed by atoms with Gasteiger partial charge >= 0.3 is 11.8 Å². The first-order valence-electron chi connectivity index (χ1n) is 19.8. The molecular weight excluding hydrogens is 845 g/mol. The fourth-order valence-corrected chi connectivity index (χ4v) is 9.47. The number of aliphatic hydroxyl groups is 1. The molecule has 4 atom stereocenters. The van der Waals surface area contributed by atoms with Gasteiger partial charge in [-0.2, -0.15) is 0 Å². The normalized spacial score (nSPS) is 19.7. The molecule has 3 N–H and O–H groups in total. The molecule has 4 aliphatic heterocycles. The number of anilines is 2. The topological polar surface area (TPSA) is 210 Å². The first-order valence-corrected chi connectivity index (χ1v) is 22.0. The Balaban J connectivity index is 0.977. The van der Waals surface area contributed by atoms with Gasteiger partial charge in [0.15, 0.2) is 29.2 Å². The lowest BCUT2D eigenvalue weighted by Gasteiger charge is -2.31. The highest BCUT2D eigenvalue weighted by molar-refractivity contribution is 8.76. The Labute approximate surface area is 365 Å². The van der Waals surface area contributed by atoms with Gasteiger partial charge in [0, 0.05) is 36.5 Å². The van der Waals surface area contributed by atoms with Crippen molar-refractivity contribution in [1.29, 1.82) is 0 Å². The van der Waals surface area contributed by atoms with Crippen molar-refractivity contribution >= 4 is 62.5 Å². The minimum atomic E-state index is -1.46. The average Bonchev–Trinajstić information content (AvgIpc) is 3.82. The zero-order valence-electron chi connectivity index (χ0n) is 34.4. The van der Waals surface area contributed by atoms with Crippen molar-refractivity contribution in [2.75, 3.05) is 57.3 Å². The van der Waals surface area contributed by atoms with Crippen LogP contribution in [0.3, 0.4) is 0 Å². The van der Waals surface area contributed by atoms with Crippen molar-refractivity contribution < 1.29 is 58.1 Å². The second-order valence-corrected chi connectivity index (χ2v) is 17.8. The van der Waals surface area contributed by atoms with Crippen molar-refractivity contribution in [3.05, 3.63) is 82.9 Å². The summed E-state index contributed by atoms with van der Waals surface area (Å²) in [7, 11) is 5.57. The van der Waals surface area contributed by atoms with Crippen LogP contribution in [0.2, 0.25) is 0 Å². The van der Waals surface area contributed by atoms with Gasteiger partial charge < -0.3 is 43.9 Å². The number of hydrogen-bond acceptors (Lipinski definition) is 14. The van der Waals surface area contributed by atoms with Crippen LogP contribution in [0.4, 0.5) is 21.9 Å². The third kappa shape index (κ3) is 9.26. The summed E-state index contributed by atoms with van der Waals surface area (Å²) in [6.07, 6.45) is 1.50. The number of amides is 4. The third-order valence-electron chi connectivity index (χ3n) is 10.7. The monoisotopic (exact) mass is 891 g/mol. The second-order valence-electron chi connectivity index (χ2n) is 15.2. The van der Waals surface area contributed by atoms with E-state index < -0.39 is 30.3 Å². The van der Waals surface area contributed by atoms with E-state index in [1.807, 2.05) is 6.92 Å². The van der Waals surface area contributed by atoms with Crippen LogP contribution in [-0.2, 0) is 9.53 Å². The summed E-state index contributed by atoms with van der Waals surface area (Å²) in [5, 5.41) is 23.9. The zero-order chi connectivity index (χ0) is 44.2. The molecule has 62 heavy (non-hydrogen) atoms. The predicted octanol–water partition coefficient (Wildman–Crippen LogP) is 6.12. The third-order valence-corrected chi connectivity index (χ3v) is 13.5. The maximum atomic E-state index is 14.0. The number of ether oxygens (including phenoxy) is 5. The van der Waals surface area contributed by atoms with E-state index in [2.05, 4.69) is 23.5 Å². The predicted molar refractivity (Wildman–Crippen MR) is 229 cm³/mol. The van der Waals surface area contributed by atoms with E-state index in [0.717, 1.165) is 16.0 Å². The molecule has 0 bridgehead atoms. The molecule has 4 aliphatic rings. The van der Waals surface area contributed by atoms with Gasteiger partial charge in [-0.1, -0.05) is 35.1 Å². The summed E-state index contributed by atoms with van der Waals surface area (Å²) in [5.41, 5.74) is 2.44. The minimum absolute atomic E-state index is 0.0132. The lowest BCUT2D eigenvalue weighted by Crippen LogP contribution is -2.51. The molecule has 2 saturated heterocycles. The summed E-state index contributed by atoms with van der Waals surface area (Å²) >= 11 is 0. The first-order chi connectivity index (χ1) is 29.8. The molecule has 0 radical (unpaired) electrons. The van der Waals surface area contributed by atoms with Gasteiger partial charge in [0.1, 0.15) is 23.9 Å². The quantitative estimate of drug-likeness (QED) is 0.0640. The van der Waals surface area contributed by atoms with Crippen LogP contribution in [0.1, 0.15) is 59.7 Å². The second kappa shape index (κ2) is 19.0. The molecular formula is C42H47N6O12S2+. The first kappa shape index (κ1) is 44.1. The summed E-state index contributed by atoms with van der Waals surface area (Å²) < 4.78 is 29.1. The number of methoxy groups -OCH3 is 2. The standard InChI is InChI=1S/C42H46N6O12S2/c1-23-13-31-38(49)44-29-17-35(33(56-4)15-27(29)39(50)45(31)20-23)58-11-7-6-8-12-59-36-18-30-28(16-34(36)57-5)40(51)46-21-24(2)14-32(46)41(52)47(30)42(53)60-22-25(3)61-62-37-10-9-26(19-43-37)48(54)55/h9-10,15-19,25,31-32,41,52H,1-2,6-8,11-14,20-22H2,3-5H3,(H-,44,49,50,54,55)/p+1/t25-,31+,32+,41+/m1/s1. The van der Waals surface area contributed by atoms with Gasteiger partial charge in [0.2, 0.25) is 5.91 Å². The van der Waals surface area contributed by atoms with Crippen molar-refractivity contribution in [3.63, 3.8) is 0 Å². The van der Waals surface area contributed by atoms with Gasteiger partial charge in [-0.3, -0.25) is 14.4 Å². The van der Waals surface area contributed by atoms with E-state index in [9.17, 15) is 29.2 Å². The molecule has 7 rings (SSSR count). The summed E-state index contributed by atoms with van der Waals surface area (Å²) in [6.45, 7) is 10.8. The molecule has 2 aromatic carbocycles. The number of unbranched alkanes of at least 4 members (excludes halogenated alkanes) is 2. The molecule has 0 unspecified atom stereocenters. The minimum Gasteiger partial charge on any atom is -0.493 e. The molecule has 0 saturated carbocycles. The van der Waals surface area contributed by atoms with Crippen LogP contribution in [0.25, 0.3) is 0 Å². The summed E-state index contributed by atoms with van der Waals surface area (Å²) in [6, 6.07) is 7.81. The Kier molecular flexibility index (Phi) is 13.5. The van der Waals surface area contributed by atoms with Gasteiger partial charge in [-0.15, -0.1) is 0 Å². The molecule has 328 valence electrons. The van der Waals surface area contributed by atoms with E-state index in [4.69, 9.17) is 28.9 Å². The molecule has 18 nitrogen and oxygen atoms in total. The Morgan fingerprint density at radius 1 is 0.919 bits per heavy atom. The smallest absolute Gasteiger partial charge is 0.416 e. The van der Waals surface area contributed by atoms with Crippen molar-refractivity contribution in [2.45, 2.75) is 67.6 Å². The zero-order valence-corrected chi connectivity index (χ0v) is 36.0. The number of rotatable bonds is 16. The fourth-order valence-electron chi connectivity index (χ4n) is 7.61. The van der Waals surface area contributed by atoms with E-state index in [1.54, 1.807) is 18.2 Å². The van der Waals surface area contributed by atoms with E-state index >= 15 is 0 Å². The number of benzene rings is 2. The van der Waals surface area contributed by atoms with Crippen LogP contribution in [0, 0.1) is 4.91 Å². The number of nitrogens with one attached hydrogen (secondary N) is 1. The lowest BCUT2D eigenvalue weighted by molar-refractivity contribution is -0.729. The SMILES string of the molecule is C=C1C[C@H]2C(=O)Nc3cc(OCCCCCOc4cc5c(cc4OC)C(=O)N4CC(=C)C[C@H]4[C@H](O)N5C(=O)OC[C@@H](C)SSc4ccc([N+](=O)O)cn4)c(OC)cc3C(=O)N2C1. The number of fused-ring (bicyclic) bond motifs is 4. The molecule has 0 aliphatic carbocycles. The average molecular weight is 892 g/mol. The van der Waals surface area contributed by atoms with Crippen molar-refractivity contribution in [1.82, 2.24) is 14.8 Å². The number of carbonyl (C=O) groups is 4. The van der Waals surface area contributed by atoms with Crippen molar-refractivity contribution in [2.24, 2.45) is 0 Å². The summed E-state index contributed by atoms with van der Waals surface area (Å²) in [4.78, 5) is 73.2. The Bertz CT molecular complexity index is 2290.